The molecule has 4 N–H and O–H groups in total. The van der Waals surface area contributed by atoms with Crippen LogP contribution < -0.4 is 15.5 Å². The predicted octanol–water partition coefficient (Wildman–Crippen LogP) is 8.57. The summed E-state index contributed by atoms with van der Waals surface area (Å²) in [4.78, 5) is 108. The average molecular weight is 1040 g/mol. The van der Waals surface area contributed by atoms with E-state index in [1.54, 1.807) is 48.9 Å². The Balaban J connectivity index is 0.899. The van der Waals surface area contributed by atoms with Gasteiger partial charge in [-0.1, -0.05) is 64.0 Å². The van der Waals surface area contributed by atoms with Gasteiger partial charge in [-0.25, -0.2) is 4.98 Å². The molecule has 3 aliphatic heterocycles. The maximum absolute atomic E-state index is 14.8. The van der Waals surface area contributed by atoms with Crippen molar-refractivity contribution < 1.29 is 51.9 Å². The zero-order valence-electron chi connectivity index (χ0n) is 40.0. The highest BCUT2D eigenvalue weighted by molar-refractivity contribution is 7.52. The molecule has 72 heavy (non-hydrogen) atoms. The summed E-state index contributed by atoms with van der Waals surface area (Å²) < 4.78 is 41.0. The smallest absolute Gasteiger partial charge is 0.339 e. The number of thiophene rings is 1. The predicted molar refractivity (Wildman–Crippen MR) is 270 cm³/mol. The van der Waals surface area contributed by atoms with Crippen LogP contribution in [0.1, 0.15) is 122 Å². The molecule has 5 heterocycles. The Labute approximate surface area is 423 Å². The van der Waals surface area contributed by atoms with Crippen molar-refractivity contribution in [3.8, 4) is 22.4 Å². The van der Waals surface area contributed by atoms with Crippen LogP contribution in [0.5, 0.6) is 0 Å². The summed E-state index contributed by atoms with van der Waals surface area (Å²) in [6.07, 6.45) is 7.98. The number of unbranched alkanes of at least 4 members (excludes halogenated alkanes) is 5. The molecule has 6 amide bonds. The third-order valence-electron chi connectivity index (χ3n) is 13.3. The Bertz CT molecular complexity index is 3010. The van der Waals surface area contributed by atoms with Gasteiger partial charge in [-0.2, -0.15) is 8.78 Å². The Morgan fingerprint density at radius 3 is 2.44 bits per heavy atom. The van der Waals surface area contributed by atoms with Crippen molar-refractivity contribution in [3.63, 3.8) is 0 Å². The lowest BCUT2D eigenvalue weighted by molar-refractivity contribution is -0.141. The van der Waals surface area contributed by atoms with E-state index in [1.165, 1.54) is 28.4 Å². The zero-order valence-corrected chi connectivity index (χ0v) is 42.5. The molecule has 3 atom stereocenters. The molecule has 3 aromatic carbocycles. The van der Waals surface area contributed by atoms with Gasteiger partial charge in [0.25, 0.3) is 11.8 Å². The molecule has 378 valence electrons. The molecule has 2 aromatic heterocycles. The van der Waals surface area contributed by atoms with E-state index in [0.717, 1.165) is 70.9 Å². The fraction of sp³-hybridized carbons (Fsp3) is 0.404. The Morgan fingerprint density at radius 2 is 1.74 bits per heavy atom. The fourth-order valence-corrected chi connectivity index (χ4v) is 11.5. The molecule has 8 rings (SSSR count). The number of thiazole rings is 1. The van der Waals surface area contributed by atoms with Crippen molar-refractivity contribution >= 4 is 81.5 Å². The average Bonchev–Trinajstić information content (AvgIpc) is 4.18. The number of benzene rings is 3. The summed E-state index contributed by atoms with van der Waals surface area (Å²) in [7, 11) is -5.82. The molecule has 3 unspecified atom stereocenters. The fourth-order valence-electron chi connectivity index (χ4n) is 9.38. The van der Waals surface area contributed by atoms with Crippen LogP contribution in [-0.4, -0.2) is 91.2 Å². The molecule has 5 aromatic rings. The number of imide groups is 1. The third-order valence-corrected chi connectivity index (χ3v) is 16.2. The molecule has 20 heteroatoms. The Morgan fingerprint density at radius 1 is 0.986 bits per heavy atom. The van der Waals surface area contributed by atoms with Crippen molar-refractivity contribution in [2.24, 2.45) is 5.41 Å². The molecular formula is C52H55F2N6O9PS2. The molecule has 0 radical (unpaired) electrons. The van der Waals surface area contributed by atoms with Gasteiger partial charge in [0.1, 0.15) is 23.1 Å². The van der Waals surface area contributed by atoms with Crippen molar-refractivity contribution in [1.29, 1.82) is 0 Å². The van der Waals surface area contributed by atoms with Crippen LogP contribution in [0.2, 0.25) is 0 Å². The van der Waals surface area contributed by atoms with Gasteiger partial charge in [-0.15, -0.1) is 22.7 Å². The zero-order chi connectivity index (χ0) is 51.5. The van der Waals surface area contributed by atoms with Crippen LogP contribution in [0.3, 0.4) is 0 Å². The van der Waals surface area contributed by atoms with Gasteiger partial charge in [0.05, 0.1) is 4.88 Å². The van der Waals surface area contributed by atoms with E-state index >= 15 is 0 Å². The number of nitrogens with zero attached hydrogens (tertiary/aromatic N) is 4. The molecule has 2 saturated heterocycles. The molecule has 0 bridgehead atoms. The van der Waals surface area contributed by atoms with Gasteiger partial charge >= 0.3 is 13.3 Å². The standard InChI is InChI=1S/C52H55F2N6O9PS2/c1-51(2,3)44(57-46(63)42-30-34-29-35(19-23-41(34)72-42)52(53,54)70(67,68)69)50(66)59-27-12-16-40(59)49(65)58(36-20-17-33(18-21-36)47-55-25-28-71-47)26-10-8-6-4-5-7-9-13-32-14-11-15-37-38(32)31-60(48(37)64)39-22-24-43(61)56-45(39)62/h11,14-15,17-21,23,25,28-30,39-40,44H,4-8,10,12,16,22,24,26-27,31H2,1-3H3,(H,57,63)(H,56,61,62)(H2,67,68,69). The number of carbonyl (C=O) groups is 6. The lowest BCUT2D eigenvalue weighted by atomic mass is 9.85. The highest BCUT2D eigenvalue weighted by Crippen LogP contribution is 2.59. The summed E-state index contributed by atoms with van der Waals surface area (Å²) in [5.41, 5.74) is -2.51. The monoisotopic (exact) mass is 1040 g/mol. The summed E-state index contributed by atoms with van der Waals surface area (Å²) >= 11 is 2.49. The SMILES string of the molecule is CC(C)(C)C(NC(=O)c1cc2cc(C(F)(F)P(=O)(O)O)ccc2s1)C(=O)N1CCCC1C(=O)N(CCCCCCCC#Cc1cccc2c1CN(C1CCC(=O)NC1=O)C2=O)c1ccc(-c2nccs2)cc1. The van der Waals surface area contributed by atoms with E-state index in [-0.39, 0.29) is 47.4 Å². The van der Waals surface area contributed by atoms with Crippen LogP contribution in [0.4, 0.5) is 14.5 Å². The van der Waals surface area contributed by atoms with Crippen LogP contribution in [-0.2, 0) is 36.0 Å². The van der Waals surface area contributed by atoms with E-state index in [1.807, 2.05) is 35.7 Å². The van der Waals surface area contributed by atoms with Gasteiger partial charge in [0.15, 0.2) is 0 Å². The number of likely N-dealkylation sites (tertiary alicyclic amines) is 1. The highest BCUT2D eigenvalue weighted by Gasteiger charge is 2.50. The van der Waals surface area contributed by atoms with Gasteiger partial charge < -0.3 is 29.8 Å². The number of nitrogens with one attached hydrogen (secondary N) is 2. The first-order chi connectivity index (χ1) is 34.2. The van der Waals surface area contributed by atoms with Gasteiger partial charge in [-0.05, 0) is 103 Å². The van der Waals surface area contributed by atoms with Crippen LogP contribution in [0, 0.1) is 17.3 Å². The number of hydrogen-bond acceptors (Lipinski definition) is 10. The Hall–Kier alpha value is -6.16. The molecule has 0 spiro atoms. The summed E-state index contributed by atoms with van der Waals surface area (Å²) in [6.45, 7) is 6.34. The first kappa shape index (κ1) is 52.2. The van der Waals surface area contributed by atoms with E-state index in [2.05, 4.69) is 27.5 Å². The van der Waals surface area contributed by atoms with Gasteiger partial charge in [-0.3, -0.25) is 38.6 Å². The van der Waals surface area contributed by atoms with Crippen molar-refractivity contribution in [1.82, 2.24) is 25.4 Å². The van der Waals surface area contributed by atoms with Crippen LogP contribution >= 0.6 is 30.3 Å². The maximum atomic E-state index is 14.8. The van der Waals surface area contributed by atoms with E-state index in [9.17, 15) is 51.9 Å². The number of fused-ring (bicyclic) bond motifs is 2. The first-order valence-electron chi connectivity index (χ1n) is 23.9. The minimum atomic E-state index is -5.82. The lowest BCUT2D eigenvalue weighted by Gasteiger charge is -2.36. The van der Waals surface area contributed by atoms with Gasteiger partial charge in [0.2, 0.25) is 23.6 Å². The number of aromatic nitrogens is 1. The van der Waals surface area contributed by atoms with Crippen molar-refractivity contribution in [3.05, 3.63) is 105 Å². The van der Waals surface area contributed by atoms with Crippen LogP contribution in [0.15, 0.2) is 78.3 Å². The van der Waals surface area contributed by atoms with E-state index in [0.29, 0.717) is 54.7 Å². The number of anilines is 1. The van der Waals surface area contributed by atoms with Crippen molar-refractivity contribution in [2.75, 3.05) is 18.0 Å². The normalized spacial score (nSPS) is 17.6. The second-order valence-electron chi connectivity index (χ2n) is 19.3. The Kier molecular flexibility index (Phi) is 15.6. The molecule has 15 nitrogen and oxygen atoms in total. The number of hydrogen-bond donors (Lipinski definition) is 4. The second-order valence-corrected chi connectivity index (χ2v) is 23.0. The number of alkyl halides is 2. The topological polar surface area (TPSA) is 207 Å². The summed E-state index contributed by atoms with van der Waals surface area (Å²) in [5, 5.41) is 8.10. The largest absolute Gasteiger partial charge is 0.399 e. The second kappa shape index (κ2) is 21.5. The quantitative estimate of drug-likeness (QED) is 0.0321. The molecular weight excluding hydrogens is 986 g/mol. The van der Waals surface area contributed by atoms with Crippen LogP contribution in [0.25, 0.3) is 20.7 Å². The van der Waals surface area contributed by atoms with E-state index in [4.69, 9.17) is 0 Å². The molecule has 0 aliphatic carbocycles. The maximum Gasteiger partial charge on any atom is 0.399 e. The van der Waals surface area contributed by atoms with E-state index < -0.39 is 60.1 Å². The lowest BCUT2D eigenvalue weighted by Crippen LogP contribution is -2.58. The minimum absolute atomic E-state index is 0.105. The highest BCUT2D eigenvalue weighted by atomic mass is 32.1. The number of carbonyl (C=O) groups excluding carboxylic acids is 6. The first-order valence-corrected chi connectivity index (χ1v) is 27.2. The molecule has 0 saturated carbocycles. The van der Waals surface area contributed by atoms with Crippen molar-refractivity contribution in [2.45, 2.75) is 115 Å². The number of amides is 6. The number of piperidine rings is 1. The van der Waals surface area contributed by atoms with Gasteiger partial charge in [0, 0.05) is 76.7 Å². The third kappa shape index (κ3) is 11.2. The minimum Gasteiger partial charge on any atom is -0.339 e. The number of halogens is 2. The number of rotatable bonds is 16. The molecule has 2 fully saturated rings. The summed E-state index contributed by atoms with van der Waals surface area (Å²) in [5.74, 6) is 4.14. The summed E-state index contributed by atoms with van der Waals surface area (Å²) in [6, 6.07) is 14.9. The molecule has 3 aliphatic rings.